The maximum absolute atomic E-state index is 13.4. The number of carbonyl (C=O) groups excluding carboxylic acids is 1. The van der Waals surface area contributed by atoms with Gasteiger partial charge in [-0.25, -0.2) is 4.79 Å². The van der Waals surface area contributed by atoms with Crippen LogP contribution in [0.15, 0.2) is 65.5 Å². The Balaban J connectivity index is 1.55. The van der Waals surface area contributed by atoms with Gasteiger partial charge in [-0.2, -0.15) is 0 Å². The number of hydrogen-bond donors (Lipinski definition) is 2. The van der Waals surface area contributed by atoms with Crippen LogP contribution in [0.25, 0.3) is 22.0 Å². The second-order valence-electron chi connectivity index (χ2n) is 10.3. The summed E-state index contributed by atoms with van der Waals surface area (Å²) in [6.07, 6.45) is 0.511. The van der Waals surface area contributed by atoms with Gasteiger partial charge in [0.25, 0.3) is 11.5 Å². The van der Waals surface area contributed by atoms with Crippen LogP contribution >= 0.6 is 23.2 Å². The number of amides is 1. The number of rotatable bonds is 6. The fourth-order valence-corrected chi connectivity index (χ4v) is 5.67. The second kappa shape index (κ2) is 10.1. The molecule has 200 valence electrons. The van der Waals surface area contributed by atoms with Crippen LogP contribution in [0.5, 0.6) is 5.75 Å². The van der Waals surface area contributed by atoms with E-state index in [-0.39, 0.29) is 27.6 Å². The van der Waals surface area contributed by atoms with E-state index >= 15 is 0 Å². The number of aliphatic carboxylic acids is 1. The molecular weight excluding hydrogens is 539 g/mol. The molecule has 7 nitrogen and oxygen atoms in total. The summed E-state index contributed by atoms with van der Waals surface area (Å²) >= 11 is 12.3. The first kappa shape index (κ1) is 26.8. The van der Waals surface area contributed by atoms with E-state index in [1.165, 1.54) is 12.1 Å². The van der Waals surface area contributed by atoms with Gasteiger partial charge >= 0.3 is 5.97 Å². The third-order valence-corrected chi connectivity index (χ3v) is 7.61. The SMILES string of the molecule is Cn1c(=O)c(-c2ccc(CC(NC(=O)c3c(Cl)cccc3Cl)C(=O)O)c3c2OC(C)(C)C3)cc2ccccc21. The van der Waals surface area contributed by atoms with E-state index in [0.717, 1.165) is 16.5 Å². The maximum Gasteiger partial charge on any atom is 0.326 e. The number of halogens is 2. The Hall–Kier alpha value is -3.81. The first-order valence-corrected chi connectivity index (χ1v) is 13.1. The lowest BCUT2D eigenvalue weighted by Crippen LogP contribution is -2.42. The van der Waals surface area contributed by atoms with E-state index in [0.29, 0.717) is 28.9 Å². The lowest BCUT2D eigenvalue weighted by Gasteiger charge is -2.19. The van der Waals surface area contributed by atoms with E-state index in [1.54, 1.807) is 29.8 Å². The molecule has 1 amide bonds. The van der Waals surface area contributed by atoms with Crippen molar-refractivity contribution in [2.45, 2.75) is 38.3 Å². The zero-order valence-electron chi connectivity index (χ0n) is 21.5. The zero-order valence-corrected chi connectivity index (χ0v) is 23.1. The monoisotopic (exact) mass is 564 g/mol. The van der Waals surface area contributed by atoms with Crippen molar-refractivity contribution in [1.82, 2.24) is 9.88 Å². The number of pyridine rings is 1. The van der Waals surface area contributed by atoms with E-state index in [1.807, 2.05) is 44.2 Å². The standard InChI is InChI=1S/C30H26Cl2N2O5/c1-30(2)15-20-16(14-23(29(37)38)33-27(35)25-21(31)8-6-9-22(25)32)11-12-18(26(20)39-30)19-13-17-7-4-5-10-24(17)34(3)28(19)36/h4-13,23H,14-15H2,1-3H3,(H,33,35)(H,37,38). The van der Waals surface area contributed by atoms with E-state index < -0.39 is 23.5 Å². The molecule has 0 saturated heterocycles. The van der Waals surface area contributed by atoms with Crippen LogP contribution < -0.4 is 15.6 Å². The Morgan fingerprint density at radius 2 is 1.74 bits per heavy atom. The Labute approximate surface area is 234 Å². The predicted octanol–water partition coefficient (Wildman–Crippen LogP) is 5.65. The molecule has 1 aliphatic rings. The third-order valence-electron chi connectivity index (χ3n) is 6.98. The van der Waals surface area contributed by atoms with Crippen LogP contribution in [0.1, 0.15) is 35.3 Å². The number of aromatic nitrogens is 1. The Bertz CT molecular complexity index is 1690. The summed E-state index contributed by atoms with van der Waals surface area (Å²) in [6.45, 7) is 3.88. The maximum atomic E-state index is 13.4. The fourth-order valence-electron chi connectivity index (χ4n) is 5.10. The molecule has 9 heteroatoms. The van der Waals surface area contributed by atoms with Crippen molar-refractivity contribution in [2.75, 3.05) is 0 Å². The molecule has 0 bridgehead atoms. The number of carbonyl (C=O) groups is 2. The number of benzene rings is 3. The number of nitrogens with one attached hydrogen (secondary N) is 1. The van der Waals surface area contributed by atoms with Crippen LogP contribution in [0.3, 0.4) is 0 Å². The predicted molar refractivity (Wildman–Crippen MR) is 152 cm³/mol. The Morgan fingerprint density at radius 1 is 1.05 bits per heavy atom. The van der Waals surface area contributed by atoms with Crippen LogP contribution in [0.2, 0.25) is 10.0 Å². The van der Waals surface area contributed by atoms with Gasteiger partial charge in [-0.3, -0.25) is 9.59 Å². The number of nitrogens with zero attached hydrogens (tertiary/aromatic N) is 1. The van der Waals surface area contributed by atoms with E-state index in [2.05, 4.69) is 5.32 Å². The molecule has 1 aromatic heterocycles. The van der Waals surface area contributed by atoms with Crippen molar-refractivity contribution in [3.05, 3.63) is 97.8 Å². The first-order valence-electron chi connectivity index (χ1n) is 12.4. The van der Waals surface area contributed by atoms with Gasteiger partial charge in [0.1, 0.15) is 17.4 Å². The van der Waals surface area contributed by atoms with Gasteiger partial charge in [0.2, 0.25) is 0 Å². The fraction of sp³-hybridized carbons (Fsp3) is 0.233. The van der Waals surface area contributed by atoms with E-state index in [4.69, 9.17) is 27.9 Å². The summed E-state index contributed by atoms with van der Waals surface area (Å²) in [6, 6.07) is 16.5. The Kier molecular flexibility index (Phi) is 6.91. The highest BCUT2D eigenvalue weighted by Gasteiger charge is 2.36. The van der Waals surface area contributed by atoms with E-state index in [9.17, 15) is 19.5 Å². The topological polar surface area (TPSA) is 97.6 Å². The summed E-state index contributed by atoms with van der Waals surface area (Å²) < 4.78 is 7.95. The largest absolute Gasteiger partial charge is 0.487 e. The van der Waals surface area contributed by atoms with Crippen LogP contribution in [-0.2, 0) is 24.7 Å². The molecule has 0 saturated carbocycles. The van der Waals surface area contributed by atoms with Gasteiger partial charge in [-0.05, 0) is 49.1 Å². The van der Waals surface area contributed by atoms with Crippen LogP contribution in [-0.4, -0.2) is 33.2 Å². The van der Waals surface area contributed by atoms with Crippen LogP contribution in [0.4, 0.5) is 0 Å². The molecule has 5 rings (SSSR count). The number of hydrogen-bond acceptors (Lipinski definition) is 4. The lowest BCUT2D eigenvalue weighted by molar-refractivity contribution is -0.139. The van der Waals surface area contributed by atoms with Crippen LogP contribution in [0, 0.1) is 0 Å². The number of para-hydroxylation sites is 1. The van der Waals surface area contributed by atoms with Crippen molar-refractivity contribution >= 4 is 46.0 Å². The average molecular weight is 565 g/mol. The first-order chi connectivity index (χ1) is 18.5. The summed E-state index contributed by atoms with van der Waals surface area (Å²) in [5.74, 6) is -1.33. The number of fused-ring (bicyclic) bond motifs is 2. The van der Waals surface area contributed by atoms with Gasteiger partial charge in [-0.1, -0.05) is 59.6 Å². The zero-order chi connectivity index (χ0) is 28.1. The number of ether oxygens (including phenoxy) is 1. The summed E-state index contributed by atoms with van der Waals surface area (Å²) in [4.78, 5) is 38.5. The molecule has 2 heterocycles. The molecule has 1 aliphatic heterocycles. The Morgan fingerprint density at radius 3 is 2.44 bits per heavy atom. The molecular formula is C30H26Cl2N2O5. The molecule has 0 radical (unpaired) electrons. The quantitative estimate of drug-likeness (QED) is 0.315. The second-order valence-corrected chi connectivity index (χ2v) is 11.1. The van der Waals surface area contributed by atoms with Gasteiger partial charge in [0.15, 0.2) is 0 Å². The lowest BCUT2D eigenvalue weighted by atomic mass is 9.90. The van der Waals surface area contributed by atoms with Gasteiger partial charge in [0.05, 0.1) is 26.7 Å². The summed E-state index contributed by atoms with van der Waals surface area (Å²) in [5, 5.41) is 13.7. The number of carboxylic acid groups (broad SMARTS) is 1. The minimum Gasteiger partial charge on any atom is -0.487 e. The molecule has 1 atom stereocenters. The van der Waals surface area contributed by atoms with Crippen molar-refractivity contribution in [3.8, 4) is 16.9 Å². The van der Waals surface area contributed by atoms with Crippen molar-refractivity contribution in [1.29, 1.82) is 0 Å². The molecule has 1 unspecified atom stereocenters. The van der Waals surface area contributed by atoms with Crippen molar-refractivity contribution in [3.63, 3.8) is 0 Å². The molecule has 2 N–H and O–H groups in total. The third kappa shape index (κ3) is 5.00. The smallest absolute Gasteiger partial charge is 0.326 e. The van der Waals surface area contributed by atoms with Gasteiger partial charge < -0.3 is 19.7 Å². The van der Waals surface area contributed by atoms with Gasteiger partial charge in [0, 0.05) is 31.0 Å². The molecule has 0 aliphatic carbocycles. The minimum absolute atomic E-state index is 0.000921. The van der Waals surface area contributed by atoms with Crippen molar-refractivity contribution in [2.24, 2.45) is 7.05 Å². The normalized spacial score (nSPS) is 14.5. The van der Waals surface area contributed by atoms with Gasteiger partial charge in [-0.15, -0.1) is 0 Å². The summed E-state index contributed by atoms with van der Waals surface area (Å²) in [7, 11) is 1.74. The number of carboxylic acids is 1. The molecule has 3 aromatic carbocycles. The molecule has 39 heavy (non-hydrogen) atoms. The minimum atomic E-state index is -1.25. The highest BCUT2D eigenvalue weighted by Crippen LogP contribution is 2.44. The highest BCUT2D eigenvalue weighted by molar-refractivity contribution is 6.39. The molecule has 4 aromatic rings. The highest BCUT2D eigenvalue weighted by atomic mass is 35.5. The average Bonchev–Trinajstić information content (AvgIpc) is 3.21. The number of aryl methyl sites for hydroxylation is 1. The molecule has 0 fully saturated rings. The van der Waals surface area contributed by atoms with Crippen molar-refractivity contribution < 1.29 is 19.4 Å². The summed E-state index contributed by atoms with van der Waals surface area (Å²) in [5.41, 5.74) is 2.76. The molecule has 0 spiro atoms.